The lowest BCUT2D eigenvalue weighted by Crippen LogP contribution is -2.66. The smallest absolute Gasteiger partial charge is 0.287 e. The fourth-order valence-electron chi connectivity index (χ4n) is 4.51. The van der Waals surface area contributed by atoms with Crippen molar-refractivity contribution in [2.75, 3.05) is 19.7 Å². The van der Waals surface area contributed by atoms with Crippen molar-refractivity contribution in [3.63, 3.8) is 0 Å². The number of nitrogens with zero attached hydrogens (tertiary/aromatic N) is 2. The number of fused-ring (bicyclic) bond motifs is 2. The Balaban J connectivity index is 1.30. The average molecular weight is 373 g/mol. The van der Waals surface area contributed by atoms with E-state index in [1.807, 2.05) is 0 Å². The highest BCUT2D eigenvalue weighted by Crippen LogP contribution is 2.35. The predicted octanol–water partition coefficient (Wildman–Crippen LogP) is 0.389. The number of ether oxygens (including phenoxy) is 1. The Bertz CT molecular complexity index is 759. The maximum absolute atomic E-state index is 13.1. The molecule has 144 valence electrons. The van der Waals surface area contributed by atoms with Gasteiger partial charge >= 0.3 is 0 Å². The van der Waals surface area contributed by atoms with Crippen molar-refractivity contribution >= 4 is 17.7 Å². The lowest BCUT2D eigenvalue weighted by Gasteiger charge is -2.41. The number of nitrogens with one attached hydrogen (secondary N) is 1. The Labute approximate surface area is 156 Å². The van der Waals surface area contributed by atoms with Gasteiger partial charge in [-0.15, -0.1) is 0 Å². The van der Waals surface area contributed by atoms with Crippen LogP contribution in [0.5, 0.6) is 0 Å². The molecule has 8 nitrogen and oxygen atoms in total. The van der Waals surface area contributed by atoms with Gasteiger partial charge in [0.2, 0.25) is 11.8 Å². The van der Waals surface area contributed by atoms with Crippen LogP contribution in [0.3, 0.4) is 0 Å². The number of hydrogen-bond acceptors (Lipinski definition) is 5. The number of carbonyl (C=O) groups is 3. The molecular weight excluding hydrogens is 350 g/mol. The van der Waals surface area contributed by atoms with Gasteiger partial charge in [0.25, 0.3) is 5.91 Å². The van der Waals surface area contributed by atoms with E-state index in [-0.39, 0.29) is 29.6 Å². The van der Waals surface area contributed by atoms with Crippen molar-refractivity contribution in [2.45, 2.75) is 49.9 Å². The van der Waals surface area contributed by atoms with Crippen LogP contribution >= 0.6 is 0 Å². The van der Waals surface area contributed by atoms with Crippen LogP contribution in [0.15, 0.2) is 22.8 Å². The van der Waals surface area contributed by atoms with Crippen molar-refractivity contribution < 1.29 is 23.5 Å². The van der Waals surface area contributed by atoms with Gasteiger partial charge in [0.05, 0.1) is 18.4 Å². The SMILES string of the molecule is O=C(NC1CCN2C(=O)C3C(OCC4CC4)CCN3C(=O)C12)c1ccco1. The molecule has 0 bridgehead atoms. The molecule has 1 aromatic heterocycles. The average Bonchev–Trinajstić information content (AvgIpc) is 3.08. The highest BCUT2D eigenvalue weighted by Gasteiger charge is 2.56. The van der Waals surface area contributed by atoms with Crippen molar-refractivity contribution in [3.05, 3.63) is 24.2 Å². The molecule has 1 N–H and O–H groups in total. The van der Waals surface area contributed by atoms with Gasteiger partial charge < -0.3 is 24.3 Å². The standard InChI is InChI=1S/C19H23N3O5/c23-17(14-2-1-9-26-14)20-12-5-7-21-15(12)18(24)22-8-6-13(16(22)19(21)25)27-10-11-3-4-11/h1-2,9,11-13,15-16H,3-8,10H2,(H,20,23). The molecule has 3 amide bonds. The maximum atomic E-state index is 13.1. The molecule has 4 heterocycles. The van der Waals surface area contributed by atoms with Crippen LogP contribution in [0.1, 0.15) is 36.2 Å². The van der Waals surface area contributed by atoms with E-state index >= 15 is 0 Å². The summed E-state index contributed by atoms with van der Waals surface area (Å²) < 4.78 is 11.1. The molecule has 0 spiro atoms. The fraction of sp³-hybridized carbons (Fsp3) is 0.632. The van der Waals surface area contributed by atoms with Crippen LogP contribution < -0.4 is 5.32 Å². The lowest BCUT2D eigenvalue weighted by molar-refractivity contribution is -0.161. The summed E-state index contributed by atoms with van der Waals surface area (Å²) in [6.45, 7) is 1.69. The molecule has 0 radical (unpaired) electrons. The van der Waals surface area contributed by atoms with Crippen LogP contribution in [-0.2, 0) is 14.3 Å². The Morgan fingerprint density at radius 3 is 2.59 bits per heavy atom. The normalized spacial score (nSPS) is 32.6. The molecule has 1 aliphatic carbocycles. The molecule has 0 aromatic carbocycles. The van der Waals surface area contributed by atoms with E-state index in [4.69, 9.17) is 9.15 Å². The van der Waals surface area contributed by atoms with Crippen LogP contribution in [-0.4, -0.2) is 71.4 Å². The molecule has 3 saturated heterocycles. The minimum Gasteiger partial charge on any atom is -0.459 e. The van der Waals surface area contributed by atoms with Gasteiger partial charge in [0, 0.05) is 19.7 Å². The van der Waals surface area contributed by atoms with Crippen molar-refractivity contribution in [1.29, 1.82) is 0 Å². The molecule has 4 aliphatic rings. The summed E-state index contributed by atoms with van der Waals surface area (Å²) >= 11 is 0. The molecule has 1 saturated carbocycles. The van der Waals surface area contributed by atoms with Gasteiger partial charge in [-0.3, -0.25) is 14.4 Å². The number of rotatable bonds is 5. The summed E-state index contributed by atoms with van der Waals surface area (Å²) in [6, 6.07) is 1.68. The third-order valence-electron chi connectivity index (χ3n) is 6.12. The quantitative estimate of drug-likeness (QED) is 0.806. The van der Waals surface area contributed by atoms with Crippen molar-refractivity contribution in [3.8, 4) is 0 Å². The number of carbonyl (C=O) groups excluding carboxylic acids is 3. The summed E-state index contributed by atoms with van der Waals surface area (Å²) in [7, 11) is 0. The molecule has 4 atom stereocenters. The van der Waals surface area contributed by atoms with Gasteiger partial charge in [-0.2, -0.15) is 0 Å². The first-order chi connectivity index (χ1) is 13.1. The number of piperazine rings is 1. The molecule has 3 aliphatic heterocycles. The Hall–Kier alpha value is -2.35. The number of hydrogen-bond donors (Lipinski definition) is 1. The largest absolute Gasteiger partial charge is 0.459 e. The van der Waals surface area contributed by atoms with E-state index in [2.05, 4.69) is 5.32 Å². The van der Waals surface area contributed by atoms with Gasteiger partial charge in [-0.1, -0.05) is 0 Å². The molecule has 5 rings (SSSR count). The first kappa shape index (κ1) is 16.8. The molecule has 4 unspecified atom stereocenters. The van der Waals surface area contributed by atoms with Crippen LogP contribution in [0.4, 0.5) is 0 Å². The zero-order valence-electron chi connectivity index (χ0n) is 15.0. The summed E-state index contributed by atoms with van der Waals surface area (Å²) in [6.07, 6.45) is 4.86. The molecular formula is C19H23N3O5. The zero-order chi connectivity index (χ0) is 18.5. The van der Waals surface area contributed by atoms with Gasteiger partial charge in [0.1, 0.15) is 12.1 Å². The van der Waals surface area contributed by atoms with E-state index in [9.17, 15) is 14.4 Å². The third-order valence-corrected chi connectivity index (χ3v) is 6.12. The second-order valence-corrected chi connectivity index (χ2v) is 7.90. The Morgan fingerprint density at radius 2 is 1.85 bits per heavy atom. The van der Waals surface area contributed by atoms with E-state index in [1.165, 1.54) is 19.1 Å². The van der Waals surface area contributed by atoms with Gasteiger partial charge in [-0.25, -0.2) is 0 Å². The summed E-state index contributed by atoms with van der Waals surface area (Å²) in [5.41, 5.74) is 0. The maximum Gasteiger partial charge on any atom is 0.287 e. The summed E-state index contributed by atoms with van der Waals surface area (Å²) in [5, 5.41) is 2.87. The predicted molar refractivity (Wildman–Crippen MR) is 92.7 cm³/mol. The number of amides is 3. The first-order valence-electron chi connectivity index (χ1n) is 9.70. The summed E-state index contributed by atoms with van der Waals surface area (Å²) in [4.78, 5) is 41.8. The van der Waals surface area contributed by atoms with Crippen molar-refractivity contribution in [2.24, 2.45) is 5.92 Å². The van der Waals surface area contributed by atoms with Crippen molar-refractivity contribution in [1.82, 2.24) is 15.1 Å². The van der Waals surface area contributed by atoms with E-state index < -0.39 is 18.1 Å². The van der Waals surface area contributed by atoms with Crippen LogP contribution in [0, 0.1) is 5.92 Å². The van der Waals surface area contributed by atoms with E-state index in [1.54, 1.807) is 21.9 Å². The minimum atomic E-state index is -0.630. The highest BCUT2D eigenvalue weighted by atomic mass is 16.5. The molecule has 4 fully saturated rings. The molecule has 1 aromatic rings. The topological polar surface area (TPSA) is 92.1 Å². The first-order valence-corrected chi connectivity index (χ1v) is 9.70. The van der Waals surface area contributed by atoms with E-state index in [0.29, 0.717) is 38.5 Å². The molecule has 27 heavy (non-hydrogen) atoms. The third kappa shape index (κ3) is 2.82. The zero-order valence-corrected chi connectivity index (χ0v) is 15.0. The molecule has 8 heteroatoms. The van der Waals surface area contributed by atoms with Crippen LogP contribution in [0.2, 0.25) is 0 Å². The Morgan fingerprint density at radius 1 is 1.11 bits per heavy atom. The van der Waals surface area contributed by atoms with Gasteiger partial charge in [0.15, 0.2) is 5.76 Å². The Kier molecular flexibility index (Phi) is 3.96. The highest BCUT2D eigenvalue weighted by molar-refractivity contribution is 6.00. The summed E-state index contributed by atoms with van der Waals surface area (Å²) in [5.74, 6) is 0.332. The fourth-order valence-corrected chi connectivity index (χ4v) is 4.51. The minimum absolute atomic E-state index is 0.0485. The van der Waals surface area contributed by atoms with Crippen LogP contribution in [0.25, 0.3) is 0 Å². The monoisotopic (exact) mass is 373 g/mol. The van der Waals surface area contributed by atoms with E-state index in [0.717, 1.165) is 0 Å². The van der Waals surface area contributed by atoms with Gasteiger partial charge in [-0.05, 0) is 43.7 Å². The second-order valence-electron chi connectivity index (χ2n) is 7.90. The second kappa shape index (κ2) is 6.37. The lowest BCUT2D eigenvalue weighted by atomic mass is 10.0. The number of furan rings is 1.